The lowest BCUT2D eigenvalue weighted by Gasteiger charge is -2.22. The Balaban J connectivity index is 1.62. The molecule has 1 aromatic rings. The van der Waals surface area contributed by atoms with Gasteiger partial charge in [0.15, 0.2) is 0 Å². The maximum absolute atomic E-state index is 11.9. The second-order valence-electron chi connectivity index (χ2n) is 6.68. The molecule has 3 amide bonds. The summed E-state index contributed by atoms with van der Waals surface area (Å²) in [7, 11) is 0. The van der Waals surface area contributed by atoms with Gasteiger partial charge in [-0.05, 0) is 63.0 Å². The van der Waals surface area contributed by atoms with Crippen LogP contribution in [0.15, 0.2) is 36.9 Å². The lowest BCUT2D eigenvalue weighted by atomic mass is 10.2. The molecule has 1 heterocycles. The van der Waals surface area contributed by atoms with E-state index in [0.717, 1.165) is 38.8 Å². The Morgan fingerprint density at radius 2 is 2.00 bits per heavy atom. The van der Waals surface area contributed by atoms with Crippen LogP contribution in [-0.2, 0) is 0 Å². The smallest absolute Gasteiger partial charge is 0.319 e. The fourth-order valence-electron chi connectivity index (χ4n) is 3.19. The van der Waals surface area contributed by atoms with Gasteiger partial charge in [0.25, 0.3) is 5.91 Å². The number of aliphatic hydroxyl groups excluding tert-OH is 1. The zero-order valence-corrected chi connectivity index (χ0v) is 15.7. The van der Waals surface area contributed by atoms with Gasteiger partial charge in [-0.1, -0.05) is 6.08 Å². The normalized spacial score (nSPS) is 16.7. The van der Waals surface area contributed by atoms with Crippen molar-refractivity contribution in [2.75, 3.05) is 38.1 Å². The van der Waals surface area contributed by atoms with Crippen LogP contribution in [-0.4, -0.2) is 60.8 Å². The number of amides is 3. The second-order valence-corrected chi connectivity index (χ2v) is 6.68. The first-order chi connectivity index (χ1) is 13.1. The largest absolute Gasteiger partial charge is 0.395 e. The van der Waals surface area contributed by atoms with Crippen LogP contribution in [0.25, 0.3) is 0 Å². The topological polar surface area (TPSA) is 93.7 Å². The predicted octanol–water partition coefficient (Wildman–Crippen LogP) is 1.96. The summed E-state index contributed by atoms with van der Waals surface area (Å²) in [6.45, 7) is 6.82. The minimum atomic E-state index is -0.256. The Labute approximate surface area is 160 Å². The summed E-state index contributed by atoms with van der Waals surface area (Å²) >= 11 is 0. The van der Waals surface area contributed by atoms with E-state index in [1.54, 1.807) is 30.3 Å². The molecule has 1 aromatic carbocycles. The fraction of sp³-hybridized carbons (Fsp3) is 0.500. The number of hydrogen-bond donors (Lipinski definition) is 4. The molecule has 0 saturated carbocycles. The molecule has 2 rings (SSSR count). The number of nitrogens with zero attached hydrogens (tertiary/aromatic N) is 1. The van der Waals surface area contributed by atoms with Crippen molar-refractivity contribution in [3.8, 4) is 0 Å². The Morgan fingerprint density at radius 3 is 2.70 bits per heavy atom. The van der Waals surface area contributed by atoms with Crippen molar-refractivity contribution >= 4 is 17.6 Å². The van der Waals surface area contributed by atoms with Crippen LogP contribution in [0.1, 0.15) is 36.0 Å². The molecule has 1 fully saturated rings. The van der Waals surface area contributed by atoms with Crippen molar-refractivity contribution < 1.29 is 14.7 Å². The summed E-state index contributed by atoms with van der Waals surface area (Å²) in [5.41, 5.74) is 1.17. The van der Waals surface area contributed by atoms with Crippen molar-refractivity contribution in [1.29, 1.82) is 0 Å². The Bertz CT molecular complexity index is 618. The van der Waals surface area contributed by atoms with E-state index in [2.05, 4.69) is 27.4 Å². The first-order valence-electron chi connectivity index (χ1n) is 9.53. The second kappa shape index (κ2) is 11.4. The quantitative estimate of drug-likeness (QED) is 0.372. The van der Waals surface area contributed by atoms with Crippen LogP contribution in [0.4, 0.5) is 10.5 Å². The van der Waals surface area contributed by atoms with Gasteiger partial charge >= 0.3 is 6.03 Å². The van der Waals surface area contributed by atoms with E-state index in [1.165, 1.54) is 0 Å². The first-order valence-corrected chi connectivity index (χ1v) is 9.53. The van der Waals surface area contributed by atoms with Gasteiger partial charge in [-0.15, -0.1) is 6.58 Å². The van der Waals surface area contributed by atoms with Crippen LogP contribution in [0.5, 0.6) is 0 Å². The number of likely N-dealkylation sites (tertiary alicyclic amines) is 1. The van der Waals surface area contributed by atoms with Gasteiger partial charge in [0.1, 0.15) is 0 Å². The number of carbonyl (C=O) groups is 2. The zero-order chi connectivity index (χ0) is 19.5. The molecule has 1 aliphatic heterocycles. The lowest BCUT2D eigenvalue weighted by Crippen LogP contribution is -2.34. The van der Waals surface area contributed by atoms with Crippen LogP contribution in [0, 0.1) is 0 Å². The molecule has 0 bridgehead atoms. The van der Waals surface area contributed by atoms with Gasteiger partial charge in [-0.3, -0.25) is 9.69 Å². The molecule has 7 nitrogen and oxygen atoms in total. The highest BCUT2D eigenvalue weighted by Gasteiger charge is 2.22. The number of anilines is 1. The average Bonchev–Trinajstić information content (AvgIpc) is 3.14. The van der Waals surface area contributed by atoms with Gasteiger partial charge in [0, 0.05) is 30.4 Å². The number of carbonyl (C=O) groups excluding carboxylic acids is 2. The van der Waals surface area contributed by atoms with Crippen LogP contribution < -0.4 is 16.0 Å². The molecule has 7 heteroatoms. The molecule has 148 valence electrons. The van der Waals surface area contributed by atoms with Gasteiger partial charge in [-0.25, -0.2) is 4.79 Å². The first kappa shape index (κ1) is 20.9. The highest BCUT2D eigenvalue weighted by atomic mass is 16.3. The number of nitrogens with one attached hydrogen (secondary N) is 3. The number of hydrogen-bond acceptors (Lipinski definition) is 4. The molecule has 27 heavy (non-hydrogen) atoms. The van der Waals surface area contributed by atoms with Crippen molar-refractivity contribution in [1.82, 2.24) is 15.5 Å². The van der Waals surface area contributed by atoms with Gasteiger partial charge in [0.05, 0.1) is 6.61 Å². The van der Waals surface area contributed by atoms with Crippen molar-refractivity contribution in [3.05, 3.63) is 42.5 Å². The third-order valence-corrected chi connectivity index (χ3v) is 4.68. The Hall–Kier alpha value is -2.38. The molecule has 1 aliphatic rings. The molecule has 1 atom stereocenters. The Morgan fingerprint density at radius 1 is 1.22 bits per heavy atom. The SMILES string of the molecule is C=CCNC(=O)c1ccc(NC(=O)NCCCCN2CCCC2CO)cc1. The van der Waals surface area contributed by atoms with E-state index in [4.69, 9.17) is 0 Å². The molecular weight excluding hydrogens is 344 g/mol. The van der Waals surface area contributed by atoms with E-state index >= 15 is 0 Å². The molecule has 1 saturated heterocycles. The maximum Gasteiger partial charge on any atom is 0.319 e. The summed E-state index contributed by atoms with van der Waals surface area (Å²) in [5.74, 6) is -0.174. The van der Waals surface area contributed by atoms with E-state index in [0.29, 0.717) is 30.4 Å². The van der Waals surface area contributed by atoms with Crippen molar-refractivity contribution in [2.24, 2.45) is 0 Å². The maximum atomic E-state index is 11.9. The molecule has 0 aromatic heterocycles. The van der Waals surface area contributed by atoms with E-state index in [1.807, 2.05) is 0 Å². The minimum Gasteiger partial charge on any atom is -0.395 e. The number of aliphatic hydroxyl groups is 1. The number of urea groups is 1. The highest BCUT2D eigenvalue weighted by molar-refractivity contribution is 5.95. The molecule has 4 N–H and O–H groups in total. The third kappa shape index (κ3) is 7.03. The van der Waals surface area contributed by atoms with Crippen molar-refractivity contribution in [3.63, 3.8) is 0 Å². The molecular formula is C20H30N4O3. The summed E-state index contributed by atoms with van der Waals surface area (Å²) in [4.78, 5) is 26.1. The van der Waals surface area contributed by atoms with E-state index in [-0.39, 0.29) is 18.5 Å². The Kier molecular flexibility index (Phi) is 8.80. The predicted molar refractivity (Wildman–Crippen MR) is 107 cm³/mol. The summed E-state index contributed by atoms with van der Waals surface area (Å²) < 4.78 is 0. The number of unbranched alkanes of at least 4 members (excludes halogenated alkanes) is 1. The average molecular weight is 374 g/mol. The van der Waals surface area contributed by atoms with Gasteiger partial charge < -0.3 is 21.1 Å². The molecule has 0 aliphatic carbocycles. The third-order valence-electron chi connectivity index (χ3n) is 4.68. The number of benzene rings is 1. The van der Waals surface area contributed by atoms with Crippen LogP contribution >= 0.6 is 0 Å². The van der Waals surface area contributed by atoms with Crippen LogP contribution in [0.3, 0.4) is 0 Å². The zero-order valence-electron chi connectivity index (χ0n) is 15.7. The summed E-state index contributed by atoms with van der Waals surface area (Å²) in [6.07, 6.45) is 5.73. The van der Waals surface area contributed by atoms with Gasteiger partial charge in [-0.2, -0.15) is 0 Å². The van der Waals surface area contributed by atoms with E-state index in [9.17, 15) is 14.7 Å². The fourth-order valence-corrected chi connectivity index (χ4v) is 3.19. The summed E-state index contributed by atoms with van der Waals surface area (Å²) in [6, 6.07) is 6.79. The van der Waals surface area contributed by atoms with Gasteiger partial charge in [0.2, 0.25) is 0 Å². The van der Waals surface area contributed by atoms with E-state index < -0.39 is 0 Å². The molecule has 0 spiro atoms. The highest BCUT2D eigenvalue weighted by Crippen LogP contribution is 2.16. The standard InChI is InChI=1S/C20H30N4O3/c1-2-11-21-19(26)16-7-9-17(10-8-16)23-20(27)22-12-3-4-13-24-14-5-6-18(24)15-25/h2,7-10,18,25H,1,3-6,11-15H2,(H,21,26)(H2,22,23,27). The molecule has 0 radical (unpaired) electrons. The monoisotopic (exact) mass is 374 g/mol. The lowest BCUT2D eigenvalue weighted by molar-refractivity contribution is 0.0958. The van der Waals surface area contributed by atoms with Crippen molar-refractivity contribution in [2.45, 2.75) is 31.7 Å². The summed E-state index contributed by atoms with van der Waals surface area (Å²) in [5, 5.41) is 17.6. The minimum absolute atomic E-state index is 0.174. The molecule has 1 unspecified atom stereocenters. The van der Waals surface area contributed by atoms with Crippen LogP contribution in [0.2, 0.25) is 0 Å². The number of rotatable bonds is 10.